The average molecular weight is 368 g/mol. The average Bonchev–Trinajstić information content (AvgIpc) is 2.54. The molecule has 0 atom stereocenters. The number of methoxy groups -OCH3 is 1. The van der Waals surface area contributed by atoms with Crippen LogP contribution < -0.4 is 10.2 Å². The molecule has 1 aliphatic rings. The molecule has 5 nitrogen and oxygen atoms in total. The lowest BCUT2D eigenvalue weighted by atomic mass is 10.1. The normalized spacial score (nSPS) is 15.9. The molecule has 1 amide bonds. The van der Waals surface area contributed by atoms with Crippen molar-refractivity contribution in [1.82, 2.24) is 10.3 Å². The maximum Gasteiger partial charge on any atom is 0.241 e. The molecular weight excluding hydrogens is 346 g/mol. The minimum Gasteiger partial charge on any atom is -0.496 e. The minimum atomic E-state index is -0.0595. The highest BCUT2D eigenvalue weighted by Gasteiger charge is 2.11. The molecule has 6 heteroatoms. The van der Waals surface area contributed by atoms with Gasteiger partial charge in [0, 0.05) is 23.0 Å². The Morgan fingerprint density at radius 3 is 2.91 bits per heavy atom. The summed E-state index contributed by atoms with van der Waals surface area (Å²) >= 11 is 3.41. The number of nitrogens with zero attached hydrogens (tertiary/aromatic N) is 2. The summed E-state index contributed by atoms with van der Waals surface area (Å²) < 4.78 is 6.19. The Kier molecular flexibility index (Phi) is 6.86. The highest BCUT2D eigenvalue weighted by Crippen LogP contribution is 2.21. The molecule has 1 aliphatic heterocycles. The van der Waals surface area contributed by atoms with Crippen LogP contribution in [0.5, 0.6) is 5.75 Å². The molecule has 2 rings (SSSR count). The topological polar surface area (TPSA) is 53.9 Å². The number of ether oxygens (including phenoxy) is 1. The first-order valence-electron chi connectivity index (χ1n) is 7.57. The van der Waals surface area contributed by atoms with Gasteiger partial charge in [0.25, 0.3) is 0 Å². The lowest BCUT2D eigenvalue weighted by Gasteiger charge is -2.25. The van der Waals surface area contributed by atoms with E-state index < -0.39 is 0 Å². The number of benzene rings is 1. The zero-order valence-corrected chi connectivity index (χ0v) is 14.4. The number of likely N-dealkylation sites (tertiary alicyclic amines) is 1. The number of hydrazone groups is 1. The number of hydrogen-bond donors (Lipinski definition) is 1. The lowest BCUT2D eigenvalue weighted by Crippen LogP contribution is -2.33. The van der Waals surface area contributed by atoms with Gasteiger partial charge in [-0.1, -0.05) is 22.4 Å². The smallest absolute Gasteiger partial charge is 0.241 e. The Hall–Kier alpha value is -1.40. The van der Waals surface area contributed by atoms with E-state index in [0.29, 0.717) is 6.42 Å². The largest absolute Gasteiger partial charge is 0.496 e. The molecule has 0 aromatic heterocycles. The summed E-state index contributed by atoms with van der Waals surface area (Å²) in [6.07, 6.45) is 5.86. The third-order valence-corrected chi connectivity index (χ3v) is 4.18. The Bertz CT molecular complexity index is 528. The van der Waals surface area contributed by atoms with Crippen molar-refractivity contribution in [1.29, 1.82) is 0 Å². The number of amides is 1. The van der Waals surface area contributed by atoms with Crippen LogP contribution >= 0.6 is 15.9 Å². The first kappa shape index (κ1) is 17.0. The van der Waals surface area contributed by atoms with Crippen LogP contribution in [0.1, 0.15) is 31.2 Å². The van der Waals surface area contributed by atoms with Gasteiger partial charge < -0.3 is 9.64 Å². The summed E-state index contributed by atoms with van der Waals surface area (Å²) in [6, 6.07) is 5.64. The van der Waals surface area contributed by atoms with Gasteiger partial charge in [0.15, 0.2) is 0 Å². The van der Waals surface area contributed by atoms with Crippen LogP contribution in [-0.4, -0.2) is 43.8 Å². The number of nitrogens with one attached hydrogen (secondary N) is 1. The van der Waals surface area contributed by atoms with E-state index in [4.69, 9.17) is 4.74 Å². The van der Waals surface area contributed by atoms with Crippen LogP contribution in [0.15, 0.2) is 27.8 Å². The van der Waals surface area contributed by atoms with E-state index in [2.05, 4.69) is 31.4 Å². The molecule has 1 heterocycles. The minimum absolute atomic E-state index is 0.0595. The van der Waals surface area contributed by atoms with E-state index in [1.54, 1.807) is 13.3 Å². The monoisotopic (exact) mass is 367 g/mol. The van der Waals surface area contributed by atoms with Gasteiger partial charge in [-0.15, -0.1) is 0 Å². The standard InChI is InChI=1S/C16H22BrN3O2/c1-22-15-6-5-14(17)11-13(15)12-18-19-16(21)7-10-20-8-3-2-4-9-20/h5-6,11-12H,2-4,7-10H2,1H3,(H,19,21)/b18-12+. The molecule has 120 valence electrons. The van der Waals surface area contributed by atoms with Crippen LogP contribution in [0.2, 0.25) is 0 Å². The molecule has 0 spiro atoms. The van der Waals surface area contributed by atoms with E-state index in [-0.39, 0.29) is 5.91 Å². The van der Waals surface area contributed by atoms with Crippen molar-refractivity contribution in [2.24, 2.45) is 5.10 Å². The van der Waals surface area contributed by atoms with E-state index >= 15 is 0 Å². The quantitative estimate of drug-likeness (QED) is 0.621. The highest BCUT2D eigenvalue weighted by atomic mass is 79.9. The van der Waals surface area contributed by atoms with E-state index in [1.165, 1.54) is 19.3 Å². The van der Waals surface area contributed by atoms with E-state index in [9.17, 15) is 4.79 Å². The molecule has 0 unspecified atom stereocenters. The highest BCUT2D eigenvalue weighted by molar-refractivity contribution is 9.10. The predicted octanol–water partition coefficient (Wildman–Crippen LogP) is 2.78. The predicted molar refractivity (Wildman–Crippen MR) is 91.3 cm³/mol. The van der Waals surface area contributed by atoms with Crippen molar-refractivity contribution in [3.63, 3.8) is 0 Å². The zero-order chi connectivity index (χ0) is 15.8. The van der Waals surface area contributed by atoms with Gasteiger partial charge in [-0.05, 0) is 44.1 Å². The fourth-order valence-electron chi connectivity index (χ4n) is 2.48. The van der Waals surface area contributed by atoms with Crippen molar-refractivity contribution in [3.05, 3.63) is 28.2 Å². The zero-order valence-electron chi connectivity index (χ0n) is 12.8. The Labute approximate surface area is 139 Å². The van der Waals surface area contributed by atoms with Gasteiger partial charge in [0.2, 0.25) is 5.91 Å². The SMILES string of the molecule is COc1ccc(Br)cc1/C=N/NC(=O)CCN1CCCCC1. The molecule has 0 saturated carbocycles. The van der Waals surface area contributed by atoms with Crippen LogP contribution in [0, 0.1) is 0 Å². The summed E-state index contributed by atoms with van der Waals surface area (Å²) in [5.74, 6) is 0.658. The summed E-state index contributed by atoms with van der Waals surface area (Å²) in [7, 11) is 1.61. The van der Waals surface area contributed by atoms with Gasteiger partial charge >= 0.3 is 0 Å². The summed E-state index contributed by atoms with van der Waals surface area (Å²) in [6.45, 7) is 3.01. The molecule has 1 fully saturated rings. The van der Waals surface area contributed by atoms with Gasteiger partial charge in [0.1, 0.15) is 5.75 Å². The first-order chi connectivity index (χ1) is 10.7. The Balaban J connectivity index is 1.79. The second-order valence-electron chi connectivity index (χ2n) is 5.33. The third kappa shape index (κ3) is 5.42. The molecule has 22 heavy (non-hydrogen) atoms. The number of halogens is 1. The van der Waals surface area contributed by atoms with Crippen LogP contribution in [0.3, 0.4) is 0 Å². The number of piperidine rings is 1. The first-order valence-corrected chi connectivity index (χ1v) is 8.36. The van der Waals surface area contributed by atoms with Crippen molar-refractivity contribution < 1.29 is 9.53 Å². The second kappa shape index (κ2) is 8.90. The maximum absolute atomic E-state index is 11.8. The molecule has 0 bridgehead atoms. The van der Waals surface area contributed by atoms with Gasteiger partial charge in [-0.2, -0.15) is 5.10 Å². The van der Waals surface area contributed by atoms with Gasteiger partial charge in [-0.3, -0.25) is 4.79 Å². The van der Waals surface area contributed by atoms with E-state index in [0.717, 1.165) is 35.4 Å². The summed E-state index contributed by atoms with van der Waals surface area (Å²) in [5.41, 5.74) is 3.39. The molecular formula is C16H22BrN3O2. The number of carbonyl (C=O) groups excluding carboxylic acids is 1. The second-order valence-corrected chi connectivity index (χ2v) is 6.25. The van der Waals surface area contributed by atoms with Crippen molar-refractivity contribution in [2.75, 3.05) is 26.7 Å². The molecule has 1 aromatic rings. The molecule has 1 aromatic carbocycles. The van der Waals surface area contributed by atoms with E-state index in [1.807, 2.05) is 18.2 Å². The number of hydrogen-bond acceptors (Lipinski definition) is 4. The van der Waals surface area contributed by atoms with Crippen molar-refractivity contribution >= 4 is 28.1 Å². The fourth-order valence-corrected chi connectivity index (χ4v) is 2.86. The van der Waals surface area contributed by atoms with Crippen LogP contribution in [0.4, 0.5) is 0 Å². The maximum atomic E-state index is 11.8. The molecule has 0 aliphatic carbocycles. The number of rotatable bonds is 6. The molecule has 0 radical (unpaired) electrons. The Morgan fingerprint density at radius 1 is 1.41 bits per heavy atom. The molecule has 1 saturated heterocycles. The van der Waals surface area contributed by atoms with Gasteiger partial charge in [-0.25, -0.2) is 5.43 Å². The van der Waals surface area contributed by atoms with Crippen LogP contribution in [0.25, 0.3) is 0 Å². The number of carbonyl (C=O) groups is 1. The Morgan fingerprint density at radius 2 is 2.18 bits per heavy atom. The lowest BCUT2D eigenvalue weighted by molar-refractivity contribution is -0.121. The fraction of sp³-hybridized carbons (Fsp3) is 0.500. The van der Waals surface area contributed by atoms with Crippen molar-refractivity contribution in [2.45, 2.75) is 25.7 Å². The third-order valence-electron chi connectivity index (χ3n) is 3.69. The van der Waals surface area contributed by atoms with Gasteiger partial charge in [0.05, 0.1) is 13.3 Å². The van der Waals surface area contributed by atoms with Crippen LogP contribution in [-0.2, 0) is 4.79 Å². The van der Waals surface area contributed by atoms with Crippen molar-refractivity contribution in [3.8, 4) is 5.75 Å². The molecule has 1 N–H and O–H groups in total. The summed E-state index contributed by atoms with van der Waals surface area (Å²) in [5, 5.41) is 4.01. The summed E-state index contributed by atoms with van der Waals surface area (Å²) in [4.78, 5) is 14.1.